The predicted molar refractivity (Wildman–Crippen MR) is 74.0 cm³/mol. The summed E-state index contributed by atoms with van der Waals surface area (Å²) in [6, 6.07) is 3.55. The largest absolute Gasteiger partial charge is 0.495 e. The first kappa shape index (κ1) is 13.0. The van der Waals surface area contributed by atoms with Gasteiger partial charge in [-0.15, -0.1) is 11.3 Å². The van der Waals surface area contributed by atoms with E-state index in [0.717, 1.165) is 10.6 Å². The third kappa shape index (κ3) is 2.86. The number of nitrogens with zero attached hydrogens (tertiary/aromatic N) is 1. The van der Waals surface area contributed by atoms with E-state index in [-0.39, 0.29) is 0 Å². The molecule has 0 fully saturated rings. The van der Waals surface area contributed by atoms with Gasteiger partial charge in [0.1, 0.15) is 11.5 Å². The van der Waals surface area contributed by atoms with E-state index in [9.17, 15) is 0 Å². The van der Waals surface area contributed by atoms with Gasteiger partial charge in [-0.05, 0) is 0 Å². The molecule has 1 aromatic heterocycles. The van der Waals surface area contributed by atoms with Gasteiger partial charge in [0.25, 0.3) is 0 Å². The summed E-state index contributed by atoms with van der Waals surface area (Å²) in [6.45, 7) is 0.686. The summed E-state index contributed by atoms with van der Waals surface area (Å²) in [5.41, 5.74) is 2.64. The zero-order valence-electron chi connectivity index (χ0n) is 10.1. The summed E-state index contributed by atoms with van der Waals surface area (Å²) in [5, 5.41) is 3.80. The Balaban J connectivity index is 2.19. The van der Waals surface area contributed by atoms with Crippen LogP contribution in [0.4, 0.5) is 5.69 Å². The summed E-state index contributed by atoms with van der Waals surface area (Å²) >= 11 is 7.64. The van der Waals surface area contributed by atoms with Crippen molar-refractivity contribution in [2.45, 2.75) is 6.54 Å². The first-order chi connectivity index (χ1) is 8.74. The lowest BCUT2D eigenvalue weighted by atomic mass is 10.2. The van der Waals surface area contributed by atoms with E-state index in [4.69, 9.17) is 21.1 Å². The first-order valence-corrected chi connectivity index (χ1v) is 6.53. The number of benzene rings is 1. The van der Waals surface area contributed by atoms with Crippen LogP contribution < -0.4 is 14.8 Å². The topological polar surface area (TPSA) is 43.4 Å². The molecule has 0 saturated heterocycles. The third-order valence-corrected chi connectivity index (χ3v) is 3.49. The van der Waals surface area contributed by atoms with Gasteiger partial charge in [0.2, 0.25) is 0 Å². The maximum atomic E-state index is 6.04. The van der Waals surface area contributed by atoms with E-state index in [2.05, 4.69) is 10.3 Å². The minimum Gasteiger partial charge on any atom is -0.495 e. The fraction of sp³-hybridized carbons (Fsp3) is 0.250. The number of thiazole rings is 1. The molecule has 0 aliphatic carbocycles. The van der Waals surface area contributed by atoms with Crippen LogP contribution in [0.25, 0.3) is 0 Å². The number of rotatable bonds is 5. The highest BCUT2D eigenvalue weighted by Gasteiger charge is 2.09. The van der Waals surface area contributed by atoms with Crippen LogP contribution in [-0.2, 0) is 6.54 Å². The normalized spacial score (nSPS) is 10.2. The van der Waals surface area contributed by atoms with Gasteiger partial charge in [0, 0.05) is 23.2 Å². The van der Waals surface area contributed by atoms with Crippen molar-refractivity contribution in [2.24, 2.45) is 0 Å². The molecular formula is C12H13ClN2O2S. The SMILES string of the molecule is COc1cc(NCc2cncs2)c(OC)cc1Cl. The van der Waals surface area contributed by atoms with E-state index in [1.165, 1.54) is 0 Å². The van der Waals surface area contributed by atoms with Crippen LogP contribution in [0.2, 0.25) is 5.02 Å². The number of ether oxygens (including phenoxy) is 2. The van der Waals surface area contributed by atoms with Crippen molar-refractivity contribution in [3.63, 3.8) is 0 Å². The van der Waals surface area contributed by atoms with Crippen LogP contribution in [-0.4, -0.2) is 19.2 Å². The molecule has 0 saturated carbocycles. The predicted octanol–water partition coefficient (Wildman–Crippen LogP) is 3.43. The number of hydrogen-bond acceptors (Lipinski definition) is 5. The molecule has 0 bridgehead atoms. The molecule has 1 N–H and O–H groups in total. The van der Waals surface area contributed by atoms with Crippen LogP contribution in [0, 0.1) is 0 Å². The molecular weight excluding hydrogens is 272 g/mol. The van der Waals surface area contributed by atoms with Crippen molar-refractivity contribution in [1.29, 1.82) is 0 Å². The molecule has 0 spiro atoms. The zero-order valence-corrected chi connectivity index (χ0v) is 11.6. The number of anilines is 1. The molecule has 2 rings (SSSR count). The molecule has 1 heterocycles. The quantitative estimate of drug-likeness (QED) is 0.913. The lowest BCUT2D eigenvalue weighted by molar-refractivity contribution is 0.404. The summed E-state index contributed by atoms with van der Waals surface area (Å²) in [4.78, 5) is 5.17. The maximum Gasteiger partial charge on any atom is 0.143 e. The summed E-state index contributed by atoms with van der Waals surface area (Å²) < 4.78 is 10.5. The third-order valence-electron chi connectivity index (χ3n) is 2.41. The molecule has 96 valence electrons. The van der Waals surface area contributed by atoms with E-state index >= 15 is 0 Å². The molecule has 1 aromatic carbocycles. The lowest BCUT2D eigenvalue weighted by Crippen LogP contribution is -2.01. The van der Waals surface area contributed by atoms with Crippen molar-refractivity contribution >= 4 is 28.6 Å². The Morgan fingerprint density at radius 1 is 1.28 bits per heavy atom. The minimum absolute atomic E-state index is 0.526. The fourth-order valence-corrected chi connectivity index (χ4v) is 2.28. The molecule has 0 amide bonds. The number of aromatic nitrogens is 1. The highest BCUT2D eigenvalue weighted by molar-refractivity contribution is 7.09. The highest BCUT2D eigenvalue weighted by atomic mass is 35.5. The van der Waals surface area contributed by atoms with Crippen molar-refractivity contribution < 1.29 is 9.47 Å². The number of methoxy groups -OCH3 is 2. The van der Waals surface area contributed by atoms with Gasteiger partial charge in [-0.1, -0.05) is 11.6 Å². The molecule has 0 radical (unpaired) electrons. The summed E-state index contributed by atoms with van der Waals surface area (Å²) in [6.07, 6.45) is 1.83. The highest BCUT2D eigenvalue weighted by Crippen LogP contribution is 2.36. The van der Waals surface area contributed by atoms with Crippen LogP contribution >= 0.6 is 22.9 Å². The van der Waals surface area contributed by atoms with E-state index in [0.29, 0.717) is 23.1 Å². The fourth-order valence-electron chi connectivity index (χ4n) is 1.51. The van der Waals surface area contributed by atoms with Gasteiger partial charge in [0.15, 0.2) is 0 Å². The number of nitrogens with one attached hydrogen (secondary N) is 1. The average molecular weight is 285 g/mol. The first-order valence-electron chi connectivity index (χ1n) is 5.27. The van der Waals surface area contributed by atoms with Gasteiger partial charge in [-0.2, -0.15) is 0 Å². The smallest absolute Gasteiger partial charge is 0.143 e. The Morgan fingerprint density at radius 3 is 2.67 bits per heavy atom. The molecule has 6 heteroatoms. The molecule has 0 unspecified atom stereocenters. The molecule has 18 heavy (non-hydrogen) atoms. The minimum atomic E-state index is 0.526. The van der Waals surface area contributed by atoms with Gasteiger partial charge in [-0.25, -0.2) is 0 Å². The van der Waals surface area contributed by atoms with Gasteiger partial charge >= 0.3 is 0 Å². The van der Waals surface area contributed by atoms with Gasteiger partial charge < -0.3 is 14.8 Å². The molecule has 0 atom stereocenters. The van der Waals surface area contributed by atoms with Gasteiger partial charge in [-0.3, -0.25) is 4.98 Å². The van der Waals surface area contributed by atoms with E-state index in [1.807, 2.05) is 12.3 Å². The summed E-state index contributed by atoms with van der Waals surface area (Å²) in [5.74, 6) is 1.30. The molecule has 0 aliphatic heterocycles. The Kier molecular flexibility index (Phi) is 4.28. The van der Waals surface area contributed by atoms with E-state index < -0.39 is 0 Å². The molecule has 0 aliphatic rings. The van der Waals surface area contributed by atoms with Crippen molar-refractivity contribution in [2.75, 3.05) is 19.5 Å². The van der Waals surface area contributed by atoms with Crippen LogP contribution in [0.3, 0.4) is 0 Å². The van der Waals surface area contributed by atoms with Gasteiger partial charge in [0.05, 0.1) is 37.0 Å². The van der Waals surface area contributed by atoms with Crippen LogP contribution in [0.5, 0.6) is 11.5 Å². The Morgan fingerprint density at radius 2 is 2.06 bits per heavy atom. The standard InChI is InChI=1S/C12H13ClN2O2S/c1-16-11-4-10(12(17-2)3-9(11)13)15-6-8-5-14-7-18-8/h3-5,7,15H,6H2,1-2H3. The zero-order chi connectivity index (χ0) is 13.0. The Bertz CT molecular complexity index is 517. The Hall–Kier alpha value is -1.46. The van der Waals surface area contributed by atoms with Crippen molar-refractivity contribution in [3.05, 3.63) is 33.7 Å². The second kappa shape index (κ2) is 5.93. The number of hydrogen-bond donors (Lipinski definition) is 1. The second-order valence-corrected chi connectivity index (χ2v) is 4.89. The van der Waals surface area contributed by atoms with Crippen LogP contribution in [0.15, 0.2) is 23.8 Å². The lowest BCUT2D eigenvalue weighted by Gasteiger charge is -2.13. The average Bonchev–Trinajstić information content (AvgIpc) is 2.90. The summed E-state index contributed by atoms with van der Waals surface area (Å²) in [7, 11) is 3.19. The van der Waals surface area contributed by atoms with Crippen LogP contribution in [0.1, 0.15) is 4.88 Å². The molecule has 2 aromatic rings. The number of halogens is 1. The molecule has 4 nitrogen and oxygen atoms in total. The second-order valence-electron chi connectivity index (χ2n) is 3.51. The Labute approximate surface area is 115 Å². The van der Waals surface area contributed by atoms with Crippen molar-refractivity contribution in [3.8, 4) is 11.5 Å². The van der Waals surface area contributed by atoms with E-state index in [1.54, 1.807) is 37.1 Å². The monoisotopic (exact) mass is 284 g/mol. The maximum absolute atomic E-state index is 6.04. The van der Waals surface area contributed by atoms with Crippen molar-refractivity contribution in [1.82, 2.24) is 4.98 Å².